The number of H-pyrrole nitrogens is 2. The topological polar surface area (TPSA) is 106 Å². The minimum Gasteiger partial charge on any atom is -0.396 e. The predicted molar refractivity (Wildman–Crippen MR) is 72.4 cm³/mol. The van der Waals surface area contributed by atoms with Crippen molar-refractivity contribution < 1.29 is 9.90 Å². The van der Waals surface area contributed by atoms with E-state index in [0.29, 0.717) is 18.7 Å². The summed E-state index contributed by atoms with van der Waals surface area (Å²) in [6.45, 7) is 0.822. The molecule has 1 saturated heterocycles. The number of hydrogen-bond donors (Lipinski definition) is 3. The Hall–Kier alpha value is -1.89. The molecule has 1 unspecified atom stereocenters. The number of nitrogens with zero attached hydrogens (tertiary/aromatic N) is 1. The van der Waals surface area contributed by atoms with Crippen LogP contribution in [0.2, 0.25) is 0 Å². The molecular weight excluding hydrogens is 262 g/mol. The summed E-state index contributed by atoms with van der Waals surface area (Å²) in [4.78, 5) is 40.9. The number of likely N-dealkylation sites (tertiary alicyclic amines) is 1. The number of carbonyl (C=O) groups excluding carboxylic acids is 1. The maximum Gasteiger partial charge on any atom is 0.325 e. The lowest BCUT2D eigenvalue weighted by Crippen LogP contribution is -2.37. The van der Waals surface area contributed by atoms with Crippen LogP contribution in [0.15, 0.2) is 15.7 Å². The van der Waals surface area contributed by atoms with Gasteiger partial charge in [-0.05, 0) is 25.7 Å². The first-order chi connectivity index (χ1) is 9.60. The highest BCUT2D eigenvalue weighted by Gasteiger charge is 2.28. The van der Waals surface area contributed by atoms with Crippen molar-refractivity contribution >= 4 is 5.91 Å². The second-order valence-electron chi connectivity index (χ2n) is 5.04. The Morgan fingerprint density at radius 3 is 2.90 bits per heavy atom. The fourth-order valence-electron chi connectivity index (χ4n) is 2.67. The molecule has 1 aromatic rings. The summed E-state index contributed by atoms with van der Waals surface area (Å²) in [5.74, 6) is -0.0910. The third kappa shape index (κ3) is 3.57. The van der Waals surface area contributed by atoms with Crippen LogP contribution >= 0.6 is 0 Å². The number of amides is 1. The first-order valence-electron chi connectivity index (χ1n) is 6.83. The van der Waals surface area contributed by atoms with E-state index in [-0.39, 0.29) is 25.0 Å². The standard InChI is InChI=1S/C13H19N3O4/c17-6-2-4-10-3-1-5-16(10)12(19)8-9-7-11(18)15-13(20)14-9/h7,10,17H,1-6,8H2,(H2,14,15,18,20). The second kappa shape index (κ2) is 6.51. The molecule has 1 amide bonds. The maximum atomic E-state index is 12.2. The lowest BCUT2D eigenvalue weighted by molar-refractivity contribution is -0.131. The van der Waals surface area contributed by atoms with Crippen molar-refractivity contribution in [1.29, 1.82) is 0 Å². The van der Waals surface area contributed by atoms with E-state index in [4.69, 9.17) is 5.11 Å². The van der Waals surface area contributed by atoms with Crippen LogP contribution in [0, 0.1) is 0 Å². The smallest absolute Gasteiger partial charge is 0.325 e. The zero-order valence-corrected chi connectivity index (χ0v) is 11.2. The molecule has 2 rings (SSSR count). The van der Waals surface area contributed by atoms with Crippen LogP contribution in [0.3, 0.4) is 0 Å². The Kier molecular flexibility index (Phi) is 4.73. The molecule has 7 heteroatoms. The van der Waals surface area contributed by atoms with Gasteiger partial charge in [-0.15, -0.1) is 0 Å². The van der Waals surface area contributed by atoms with Crippen LogP contribution < -0.4 is 11.2 Å². The number of rotatable bonds is 5. The van der Waals surface area contributed by atoms with Crippen LogP contribution in [0.4, 0.5) is 0 Å². The molecular formula is C13H19N3O4. The van der Waals surface area contributed by atoms with Gasteiger partial charge in [-0.25, -0.2) is 4.79 Å². The quantitative estimate of drug-likeness (QED) is 0.668. The van der Waals surface area contributed by atoms with Crippen LogP contribution in [-0.2, 0) is 11.2 Å². The van der Waals surface area contributed by atoms with Gasteiger partial charge in [0.25, 0.3) is 5.56 Å². The van der Waals surface area contributed by atoms with Gasteiger partial charge in [0.05, 0.1) is 6.42 Å². The highest BCUT2D eigenvalue weighted by atomic mass is 16.3. The van der Waals surface area contributed by atoms with Gasteiger partial charge in [-0.2, -0.15) is 0 Å². The van der Waals surface area contributed by atoms with Gasteiger partial charge in [-0.1, -0.05) is 0 Å². The Morgan fingerprint density at radius 2 is 2.20 bits per heavy atom. The van der Waals surface area contributed by atoms with Crippen molar-refractivity contribution in [2.75, 3.05) is 13.2 Å². The SMILES string of the molecule is O=C(Cc1cc(=O)[nH]c(=O)[nH]1)N1CCCC1CCCO. The average molecular weight is 281 g/mol. The molecule has 1 aliphatic heterocycles. The fraction of sp³-hybridized carbons (Fsp3) is 0.615. The number of aromatic nitrogens is 2. The highest BCUT2D eigenvalue weighted by molar-refractivity contribution is 5.78. The highest BCUT2D eigenvalue weighted by Crippen LogP contribution is 2.21. The largest absolute Gasteiger partial charge is 0.396 e. The zero-order chi connectivity index (χ0) is 14.5. The molecule has 0 saturated carbocycles. The van der Waals surface area contributed by atoms with Gasteiger partial charge in [-0.3, -0.25) is 14.6 Å². The lowest BCUT2D eigenvalue weighted by atomic mass is 10.1. The van der Waals surface area contributed by atoms with E-state index < -0.39 is 11.2 Å². The second-order valence-corrected chi connectivity index (χ2v) is 5.04. The molecule has 7 nitrogen and oxygen atoms in total. The molecule has 0 aliphatic carbocycles. The molecule has 3 N–H and O–H groups in total. The van der Waals surface area contributed by atoms with Crippen molar-refractivity contribution in [3.8, 4) is 0 Å². The zero-order valence-electron chi connectivity index (χ0n) is 11.2. The third-order valence-electron chi connectivity index (χ3n) is 3.55. The van der Waals surface area contributed by atoms with Gasteiger partial charge in [0.1, 0.15) is 0 Å². The van der Waals surface area contributed by atoms with Gasteiger partial charge in [0, 0.05) is 31.0 Å². The summed E-state index contributed by atoms with van der Waals surface area (Å²) in [7, 11) is 0. The summed E-state index contributed by atoms with van der Waals surface area (Å²) < 4.78 is 0. The summed E-state index contributed by atoms with van der Waals surface area (Å²) in [5, 5.41) is 8.87. The van der Waals surface area contributed by atoms with E-state index in [1.807, 2.05) is 0 Å². The molecule has 1 aliphatic rings. The van der Waals surface area contributed by atoms with Crippen LogP contribution in [0.1, 0.15) is 31.4 Å². The third-order valence-corrected chi connectivity index (χ3v) is 3.55. The Labute approximate surface area is 115 Å². The normalized spacial score (nSPS) is 18.4. The monoisotopic (exact) mass is 281 g/mol. The van der Waals surface area contributed by atoms with Crippen molar-refractivity contribution in [2.24, 2.45) is 0 Å². The maximum absolute atomic E-state index is 12.2. The van der Waals surface area contributed by atoms with Gasteiger partial charge in [0.2, 0.25) is 5.91 Å². The summed E-state index contributed by atoms with van der Waals surface area (Å²) >= 11 is 0. The van der Waals surface area contributed by atoms with Crippen molar-refractivity contribution in [3.63, 3.8) is 0 Å². The molecule has 20 heavy (non-hydrogen) atoms. The number of nitrogens with one attached hydrogen (secondary N) is 2. The first kappa shape index (κ1) is 14.5. The van der Waals surface area contributed by atoms with Crippen molar-refractivity contribution in [2.45, 2.75) is 38.1 Å². The number of aliphatic hydroxyl groups is 1. The first-order valence-corrected chi connectivity index (χ1v) is 6.83. The van der Waals surface area contributed by atoms with E-state index in [1.165, 1.54) is 6.07 Å². The average Bonchev–Trinajstić information content (AvgIpc) is 2.83. The molecule has 110 valence electrons. The number of aliphatic hydroxyl groups excluding tert-OH is 1. The van der Waals surface area contributed by atoms with Gasteiger partial charge < -0.3 is 15.0 Å². The van der Waals surface area contributed by atoms with E-state index in [2.05, 4.69) is 9.97 Å². The molecule has 2 heterocycles. The minimum absolute atomic E-state index is 0.0226. The summed E-state index contributed by atoms with van der Waals surface area (Å²) in [6, 6.07) is 1.39. The van der Waals surface area contributed by atoms with E-state index in [1.54, 1.807) is 4.90 Å². The van der Waals surface area contributed by atoms with Crippen LogP contribution in [-0.4, -0.2) is 45.1 Å². The Bertz CT molecular complexity index is 549. The number of hydrogen-bond acceptors (Lipinski definition) is 4. The summed E-state index contributed by atoms with van der Waals surface area (Å²) in [5.41, 5.74) is -0.773. The van der Waals surface area contributed by atoms with E-state index >= 15 is 0 Å². The Morgan fingerprint density at radius 1 is 1.40 bits per heavy atom. The van der Waals surface area contributed by atoms with Gasteiger partial charge in [0.15, 0.2) is 0 Å². The fourth-order valence-corrected chi connectivity index (χ4v) is 2.67. The number of carbonyl (C=O) groups is 1. The lowest BCUT2D eigenvalue weighted by Gasteiger charge is -2.24. The number of aromatic amines is 2. The summed E-state index contributed by atoms with van der Waals surface area (Å²) in [6.07, 6.45) is 3.38. The van der Waals surface area contributed by atoms with E-state index in [0.717, 1.165) is 19.3 Å². The van der Waals surface area contributed by atoms with Crippen LogP contribution in [0.5, 0.6) is 0 Å². The molecule has 1 fully saturated rings. The molecule has 0 radical (unpaired) electrons. The molecule has 1 atom stereocenters. The predicted octanol–water partition coefficient (Wildman–Crippen LogP) is -0.631. The van der Waals surface area contributed by atoms with E-state index in [9.17, 15) is 14.4 Å². The minimum atomic E-state index is -0.599. The molecule has 0 spiro atoms. The molecule has 1 aromatic heterocycles. The van der Waals surface area contributed by atoms with Gasteiger partial charge >= 0.3 is 5.69 Å². The molecule has 0 aromatic carbocycles. The Balaban J connectivity index is 2.03. The van der Waals surface area contributed by atoms with Crippen molar-refractivity contribution in [3.05, 3.63) is 32.6 Å². The molecule has 0 bridgehead atoms. The van der Waals surface area contributed by atoms with Crippen molar-refractivity contribution in [1.82, 2.24) is 14.9 Å². The van der Waals surface area contributed by atoms with Crippen LogP contribution in [0.25, 0.3) is 0 Å².